The molecule has 0 aliphatic carbocycles. The van der Waals surface area contributed by atoms with Gasteiger partial charge in [-0.15, -0.1) is 0 Å². The van der Waals surface area contributed by atoms with Crippen molar-refractivity contribution in [2.75, 3.05) is 19.6 Å². The van der Waals surface area contributed by atoms with E-state index < -0.39 is 0 Å². The van der Waals surface area contributed by atoms with Crippen LogP contribution in [0.15, 0.2) is 29.4 Å². The Kier molecular flexibility index (Phi) is 8.64. The first-order chi connectivity index (χ1) is 8.08. The van der Waals surface area contributed by atoms with Crippen LogP contribution in [0.3, 0.4) is 0 Å². The van der Waals surface area contributed by atoms with Crippen LogP contribution in [0.4, 0.5) is 0 Å². The van der Waals surface area contributed by atoms with Gasteiger partial charge in [0.25, 0.3) is 0 Å². The highest BCUT2D eigenvalue weighted by Crippen LogP contribution is 2.10. The van der Waals surface area contributed by atoms with Gasteiger partial charge in [-0.25, -0.2) is 0 Å². The van der Waals surface area contributed by atoms with E-state index in [1.54, 1.807) is 6.21 Å². The quantitative estimate of drug-likeness (QED) is 0.764. The van der Waals surface area contributed by atoms with E-state index >= 15 is 0 Å². The first kappa shape index (κ1) is 16.1. The van der Waals surface area contributed by atoms with Crippen molar-refractivity contribution in [2.45, 2.75) is 39.7 Å². The molecule has 17 heavy (non-hydrogen) atoms. The van der Waals surface area contributed by atoms with E-state index in [9.17, 15) is 5.11 Å². The van der Waals surface area contributed by atoms with Gasteiger partial charge in [-0.05, 0) is 25.3 Å². The van der Waals surface area contributed by atoms with Gasteiger partial charge in [-0.1, -0.05) is 27.0 Å². The number of hydrogen-bond donors (Lipinski definition) is 1. The summed E-state index contributed by atoms with van der Waals surface area (Å²) < 4.78 is 0. The largest absolute Gasteiger partial charge is 0.393 e. The molecule has 3 heteroatoms. The molecule has 98 valence electrons. The summed E-state index contributed by atoms with van der Waals surface area (Å²) in [6.45, 7) is 16.2. The van der Waals surface area contributed by atoms with Crippen LogP contribution in [0.2, 0.25) is 0 Å². The molecule has 0 atom stereocenters. The Morgan fingerprint density at radius 2 is 1.88 bits per heavy atom. The number of hydrogen-bond acceptors (Lipinski definition) is 3. The van der Waals surface area contributed by atoms with Crippen molar-refractivity contribution in [2.24, 2.45) is 4.99 Å². The number of likely N-dealkylation sites (tertiary alicyclic amines) is 1. The predicted molar refractivity (Wildman–Crippen MR) is 75.5 cm³/mol. The lowest BCUT2D eigenvalue weighted by molar-refractivity contribution is 0.0875. The molecule has 1 saturated heterocycles. The van der Waals surface area contributed by atoms with E-state index in [4.69, 9.17) is 0 Å². The summed E-state index contributed by atoms with van der Waals surface area (Å²) in [6, 6.07) is 0. The molecule has 0 aromatic carbocycles. The van der Waals surface area contributed by atoms with Crippen molar-refractivity contribution in [3.05, 3.63) is 24.4 Å². The van der Waals surface area contributed by atoms with Crippen molar-refractivity contribution in [3.8, 4) is 0 Å². The van der Waals surface area contributed by atoms with E-state index in [0.29, 0.717) is 0 Å². The van der Waals surface area contributed by atoms with E-state index in [-0.39, 0.29) is 6.10 Å². The minimum Gasteiger partial charge on any atom is -0.393 e. The van der Waals surface area contributed by atoms with Crippen LogP contribution in [0, 0.1) is 0 Å². The van der Waals surface area contributed by atoms with Gasteiger partial charge in [0.15, 0.2) is 0 Å². The Morgan fingerprint density at radius 3 is 2.35 bits per heavy atom. The van der Waals surface area contributed by atoms with Crippen LogP contribution in [0.25, 0.3) is 0 Å². The summed E-state index contributed by atoms with van der Waals surface area (Å²) in [5.41, 5.74) is 1.79. The van der Waals surface area contributed by atoms with Crippen LogP contribution < -0.4 is 0 Å². The molecule has 0 saturated carbocycles. The molecule has 0 bridgehead atoms. The topological polar surface area (TPSA) is 35.8 Å². The number of allylic oxidation sites excluding steroid dienone is 1. The smallest absolute Gasteiger partial charge is 0.0564 e. The Hall–Kier alpha value is -0.930. The van der Waals surface area contributed by atoms with E-state index in [2.05, 4.69) is 23.1 Å². The zero-order valence-corrected chi connectivity index (χ0v) is 11.4. The average molecular weight is 238 g/mol. The summed E-state index contributed by atoms with van der Waals surface area (Å²) in [7, 11) is 0. The van der Waals surface area contributed by atoms with Crippen LogP contribution >= 0.6 is 0 Å². The highest BCUT2D eigenvalue weighted by atomic mass is 16.3. The van der Waals surface area contributed by atoms with Crippen molar-refractivity contribution in [1.29, 1.82) is 0 Å². The lowest BCUT2D eigenvalue weighted by Crippen LogP contribution is -2.37. The minimum absolute atomic E-state index is 0.112. The summed E-state index contributed by atoms with van der Waals surface area (Å²) >= 11 is 0. The van der Waals surface area contributed by atoms with Crippen LogP contribution in [-0.4, -0.2) is 42.0 Å². The normalized spacial score (nSPS) is 17.6. The summed E-state index contributed by atoms with van der Waals surface area (Å²) in [4.78, 5) is 6.40. The zero-order valence-electron chi connectivity index (χ0n) is 11.4. The molecule has 1 aliphatic heterocycles. The van der Waals surface area contributed by atoms with Crippen molar-refractivity contribution in [3.63, 3.8) is 0 Å². The molecule has 1 fully saturated rings. The molecular formula is C14H26N2O. The number of rotatable bonds is 4. The molecule has 3 nitrogen and oxygen atoms in total. The fraction of sp³-hybridized carbons (Fsp3) is 0.643. The Bertz CT molecular complexity index is 263. The van der Waals surface area contributed by atoms with E-state index in [1.165, 1.54) is 0 Å². The van der Waals surface area contributed by atoms with Gasteiger partial charge in [-0.2, -0.15) is 0 Å². The maximum absolute atomic E-state index is 9.35. The number of piperidine rings is 1. The maximum atomic E-state index is 9.35. The molecule has 0 unspecified atom stereocenters. The molecule has 1 rings (SSSR count). The molecule has 1 N–H and O–H groups in total. The molecule has 0 amide bonds. The first-order valence-corrected chi connectivity index (χ1v) is 6.35. The molecule has 0 spiro atoms. The van der Waals surface area contributed by atoms with Gasteiger partial charge in [0.05, 0.1) is 6.10 Å². The summed E-state index contributed by atoms with van der Waals surface area (Å²) in [5, 5.41) is 9.35. The number of aliphatic imine (C=N–C) groups is 1. The zero-order chi connectivity index (χ0) is 13.3. The second kappa shape index (κ2) is 9.14. The SMILES string of the molecule is C=C(C=NC(=C)C)CN1CCC(O)CC1.CC. The molecule has 0 aromatic heterocycles. The Morgan fingerprint density at radius 1 is 1.35 bits per heavy atom. The first-order valence-electron chi connectivity index (χ1n) is 6.35. The van der Waals surface area contributed by atoms with Gasteiger partial charge < -0.3 is 5.11 Å². The van der Waals surface area contributed by atoms with E-state index in [1.807, 2.05) is 20.8 Å². The maximum Gasteiger partial charge on any atom is 0.0564 e. The number of aliphatic hydroxyl groups is 1. The minimum atomic E-state index is -0.112. The van der Waals surface area contributed by atoms with Gasteiger partial charge in [0.1, 0.15) is 0 Å². The van der Waals surface area contributed by atoms with Crippen molar-refractivity contribution in [1.82, 2.24) is 4.90 Å². The lowest BCUT2D eigenvalue weighted by Gasteiger charge is -2.29. The van der Waals surface area contributed by atoms with Gasteiger partial charge in [-0.3, -0.25) is 9.89 Å². The summed E-state index contributed by atoms with van der Waals surface area (Å²) in [6.07, 6.45) is 3.39. The molecular weight excluding hydrogens is 212 g/mol. The van der Waals surface area contributed by atoms with E-state index in [0.717, 1.165) is 43.7 Å². The monoisotopic (exact) mass is 238 g/mol. The van der Waals surface area contributed by atoms with Crippen LogP contribution in [0.1, 0.15) is 33.6 Å². The standard InChI is InChI=1S/C12H20N2O.C2H6/c1-10(2)13-8-11(3)9-14-6-4-12(15)5-7-14;1-2/h8,12,15H,1,3-7,9H2,2H3;1-2H3. The van der Waals surface area contributed by atoms with Gasteiger partial charge in [0, 0.05) is 31.5 Å². The summed E-state index contributed by atoms with van der Waals surface area (Å²) in [5.74, 6) is 0. The second-order valence-corrected chi connectivity index (χ2v) is 4.16. The lowest BCUT2D eigenvalue weighted by atomic mass is 10.1. The third-order valence-electron chi connectivity index (χ3n) is 2.45. The highest BCUT2D eigenvalue weighted by Gasteiger charge is 2.16. The predicted octanol–water partition coefficient (Wildman–Crippen LogP) is 2.63. The van der Waals surface area contributed by atoms with Crippen LogP contribution in [0.5, 0.6) is 0 Å². The Labute approximate surface area is 106 Å². The Balaban J connectivity index is 0.00000121. The molecule has 0 radical (unpaired) electrons. The average Bonchev–Trinajstić information content (AvgIpc) is 2.32. The second-order valence-electron chi connectivity index (χ2n) is 4.16. The number of nitrogens with zero attached hydrogens (tertiary/aromatic N) is 2. The highest BCUT2D eigenvalue weighted by molar-refractivity contribution is 5.78. The van der Waals surface area contributed by atoms with Crippen molar-refractivity contribution >= 4 is 6.21 Å². The van der Waals surface area contributed by atoms with Gasteiger partial charge in [0.2, 0.25) is 0 Å². The van der Waals surface area contributed by atoms with Gasteiger partial charge >= 0.3 is 0 Å². The van der Waals surface area contributed by atoms with Crippen LogP contribution in [-0.2, 0) is 0 Å². The molecule has 1 heterocycles. The third kappa shape index (κ3) is 7.88. The van der Waals surface area contributed by atoms with Crippen molar-refractivity contribution < 1.29 is 5.11 Å². The molecule has 0 aromatic rings. The molecule has 1 aliphatic rings. The fourth-order valence-corrected chi connectivity index (χ4v) is 1.61. The number of aliphatic hydroxyl groups excluding tert-OH is 1. The fourth-order valence-electron chi connectivity index (χ4n) is 1.61. The third-order valence-corrected chi connectivity index (χ3v) is 2.45.